The standard InChI is InChI=1S/C24H26F2N2O3/c1-15-10-16(2)12-18(11-15)13-28-14-24(31-23(28)30)6-8-27(9-7-24)22(29)20-19(25)5-4-17(3)21(20)26/h4-5,10-12H,6-9,13-14H2,1-3H3. The normalized spacial score (nSPS) is 17.9. The van der Waals surface area contributed by atoms with E-state index in [0.29, 0.717) is 25.9 Å². The van der Waals surface area contributed by atoms with E-state index in [9.17, 15) is 18.4 Å². The molecule has 0 radical (unpaired) electrons. The second-order valence-corrected chi connectivity index (χ2v) is 8.75. The highest BCUT2D eigenvalue weighted by atomic mass is 19.1. The number of piperidine rings is 1. The van der Waals surface area contributed by atoms with Crippen molar-refractivity contribution in [1.82, 2.24) is 9.80 Å². The summed E-state index contributed by atoms with van der Waals surface area (Å²) in [5, 5.41) is 0. The molecule has 0 N–H and O–H groups in total. The lowest BCUT2D eigenvalue weighted by Gasteiger charge is -2.37. The highest BCUT2D eigenvalue weighted by molar-refractivity contribution is 5.95. The van der Waals surface area contributed by atoms with E-state index in [0.717, 1.165) is 22.8 Å². The monoisotopic (exact) mass is 428 g/mol. The van der Waals surface area contributed by atoms with E-state index in [2.05, 4.69) is 18.2 Å². The Bertz CT molecular complexity index is 1030. The lowest BCUT2D eigenvalue weighted by atomic mass is 9.90. The van der Waals surface area contributed by atoms with Crippen molar-refractivity contribution in [1.29, 1.82) is 0 Å². The van der Waals surface area contributed by atoms with Crippen LogP contribution in [0.15, 0.2) is 30.3 Å². The van der Waals surface area contributed by atoms with Crippen molar-refractivity contribution in [2.45, 2.75) is 45.8 Å². The van der Waals surface area contributed by atoms with E-state index in [1.165, 1.54) is 17.9 Å². The summed E-state index contributed by atoms with van der Waals surface area (Å²) in [5.41, 5.74) is 2.36. The molecule has 0 atom stereocenters. The Morgan fingerprint density at radius 3 is 2.35 bits per heavy atom. The van der Waals surface area contributed by atoms with Crippen LogP contribution in [0.3, 0.4) is 0 Å². The summed E-state index contributed by atoms with van der Waals surface area (Å²) >= 11 is 0. The summed E-state index contributed by atoms with van der Waals surface area (Å²) in [6.07, 6.45) is 0.501. The van der Waals surface area contributed by atoms with E-state index in [1.807, 2.05) is 13.8 Å². The fraction of sp³-hybridized carbons (Fsp3) is 0.417. The summed E-state index contributed by atoms with van der Waals surface area (Å²) in [6, 6.07) is 8.62. The number of carbonyl (C=O) groups is 2. The topological polar surface area (TPSA) is 49.9 Å². The molecule has 2 saturated heterocycles. The van der Waals surface area contributed by atoms with Gasteiger partial charge in [-0.25, -0.2) is 13.6 Å². The average molecular weight is 428 g/mol. The third kappa shape index (κ3) is 4.13. The summed E-state index contributed by atoms with van der Waals surface area (Å²) < 4.78 is 34.2. The predicted molar refractivity (Wildman–Crippen MR) is 112 cm³/mol. The lowest BCUT2D eigenvalue weighted by molar-refractivity contribution is 0.00289. The zero-order valence-corrected chi connectivity index (χ0v) is 18.0. The van der Waals surface area contributed by atoms with E-state index in [4.69, 9.17) is 4.74 Å². The van der Waals surface area contributed by atoms with Gasteiger partial charge in [-0.15, -0.1) is 0 Å². The van der Waals surface area contributed by atoms with Gasteiger partial charge in [0.2, 0.25) is 0 Å². The van der Waals surface area contributed by atoms with Crippen LogP contribution < -0.4 is 0 Å². The van der Waals surface area contributed by atoms with Gasteiger partial charge >= 0.3 is 6.09 Å². The minimum Gasteiger partial charge on any atom is -0.441 e. The fourth-order valence-electron chi connectivity index (χ4n) is 4.58. The SMILES string of the molecule is Cc1cc(C)cc(CN2CC3(CCN(C(=O)c4c(F)ccc(C)c4F)CC3)OC2=O)c1. The van der Waals surface area contributed by atoms with Crippen molar-refractivity contribution in [2.24, 2.45) is 0 Å². The number of hydrogen-bond acceptors (Lipinski definition) is 3. The summed E-state index contributed by atoms with van der Waals surface area (Å²) in [7, 11) is 0. The van der Waals surface area contributed by atoms with Crippen molar-refractivity contribution >= 4 is 12.0 Å². The Balaban J connectivity index is 1.43. The van der Waals surface area contributed by atoms with Crippen LogP contribution in [0.25, 0.3) is 0 Å². The maximum Gasteiger partial charge on any atom is 0.410 e. The molecule has 1 spiro atoms. The molecule has 2 heterocycles. The molecular formula is C24H26F2N2O3. The molecule has 31 heavy (non-hydrogen) atoms. The van der Waals surface area contributed by atoms with Crippen LogP contribution in [0.5, 0.6) is 0 Å². The number of halogens is 2. The lowest BCUT2D eigenvalue weighted by Crippen LogP contribution is -2.49. The molecule has 4 rings (SSSR count). The first-order chi connectivity index (χ1) is 14.7. The van der Waals surface area contributed by atoms with Crippen LogP contribution >= 0.6 is 0 Å². The van der Waals surface area contributed by atoms with E-state index in [-0.39, 0.29) is 24.7 Å². The van der Waals surface area contributed by atoms with Gasteiger partial charge in [0.25, 0.3) is 5.91 Å². The van der Waals surface area contributed by atoms with Crippen molar-refractivity contribution in [3.05, 3.63) is 69.8 Å². The molecule has 2 fully saturated rings. The van der Waals surface area contributed by atoms with Crippen molar-refractivity contribution in [2.75, 3.05) is 19.6 Å². The molecule has 0 bridgehead atoms. The zero-order valence-electron chi connectivity index (χ0n) is 18.0. The second kappa shape index (κ2) is 7.94. The molecule has 0 aliphatic carbocycles. The van der Waals surface area contributed by atoms with Gasteiger partial charge in [-0.2, -0.15) is 0 Å². The van der Waals surface area contributed by atoms with Gasteiger partial charge in [-0.1, -0.05) is 35.4 Å². The largest absolute Gasteiger partial charge is 0.441 e. The molecule has 2 aliphatic heterocycles. The first kappa shape index (κ1) is 21.3. The summed E-state index contributed by atoms with van der Waals surface area (Å²) in [5.74, 6) is -2.34. The third-order valence-corrected chi connectivity index (χ3v) is 6.16. The molecular weight excluding hydrogens is 402 g/mol. The maximum absolute atomic E-state index is 14.4. The Morgan fingerprint density at radius 1 is 1.06 bits per heavy atom. The van der Waals surface area contributed by atoms with Crippen LogP contribution in [0.4, 0.5) is 13.6 Å². The average Bonchev–Trinajstić information content (AvgIpc) is 2.99. The van der Waals surface area contributed by atoms with Gasteiger partial charge in [-0.3, -0.25) is 9.69 Å². The number of hydrogen-bond donors (Lipinski definition) is 0. The number of likely N-dealkylation sites (tertiary alicyclic amines) is 1. The molecule has 2 aliphatic rings. The van der Waals surface area contributed by atoms with Crippen molar-refractivity contribution < 1.29 is 23.1 Å². The number of ether oxygens (including phenoxy) is 1. The number of carbonyl (C=O) groups excluding carboxylic acids is 2. The molecule has 0 aromatic heterocycles. The number of nitrogens with zero attached hydrogens (tertiary/aromatic N) is 2. The molecule has 5 nitrogen and oxygen atoms in total. The quantitative estimate of drug-likeness (QED) is 0.723. The van der Waals surface area contributed by atoms with Crippen molar-refractivity contribution in [3.8, 4) is 0 Å². The van der Waals surface area contributed by atoms with Gasteiger partial charge in [0.15, 0.2) is 0 Å². The minimum absolute atomic E-state index is 0.227. The van der Waals surface area contributed by atoms with Crippen LogP contribution in [-0.2, 0) is 11.3 Å². The molecule has 2 aromatic carbocycles. The Labute approximate surface area is 180 Å². The number of aryl methyl sites for hydroxylation is 3. The Kier molecular flexibility index (Phi) is 5.45. The number of benzene rings is 2. The first-order valence-corrected chi connectivity index (χ1v) is 10.5. The van der Waals surface area contributed by atoms with E-state index >= 15 is 0 Å². The predicted octanol–water partition coefficient (Wildman–Crippen LogP) is 4.52. The number of rotatable bonds is 3. The van der Waals surface area contributed by atoms with Gasteiger partial charge < -0.3 is 9.64 Å². The van der Waals surface area contributed by atoms with Crippen LogP contribution in [0.2, 0.25) is 0 Å². The molecule has 7 heteroatoms. The van der Waals surface area contributed by atoms with Crippen LogP contribution in [0, 0.1) is 32.4 Å². The van der Waals surface area contributed by atoms with Gasteiger partial charge in [0.05, 0.1) is 6.54 Å². The molecule has 0 unspecified atom stereocenters. The second-order valence-electron chi connectivity index (χ2n) is 8.75. The van der Waals surface area contributed by atoms with E-state index < -0.39 is 28.7 Å². The van der Waals surface area contributed by atoms with Crippen molar-refractivity contribution in [3.63, 3.8) is 0 Å². The highest BCUT2D eigenvalue weighted by Gasteiger charge is 2.47. The maximum atomic E-state index is 14.4. The molecule has 0 saturated carbocycles. The fourth-order valence-corrected chi connectivity index (χ4v) is 4.58. The highest BCUT2D eigenvalue weighted by Crippen LogP contribution is 2.35. The van der Waals surface area contributed by atoms with E-state index in [1.54, 1.807) is 4.90 Å². The number of amides is 2. The van der Waals surface area contributed by atoms with Gasteiger partial charge in [0.1, 0.15) is 22.8 Å². The van der Waals surface area contributed by atoms with Gasteiger partial charge in [0, 0.05) is 32.5 Å². The van der Waals surface area contributed by atoms with Gasteiger partial charge in [-0.05, 0) is 38.0 Å². The zero-order chi connectivity index (χ0) is 22.3. The minimum atomic E-state index is -0.861. The third-order valence-electron chi connectivity index (χ3n) is 6.16. The summed E-state index contributed by atoms with van der Waals surface area (Å²) in [4.78, 5) is 28.4. The molecule has 164 valence electrons. The Hall–Kier alpha value is -2.96. The smallest absolute Gasteiger partial charge is 0.410 e. The van der Waals surface area contributed by atoms with Crippen LogP contribution in [0.1, 0.15) is 45.5 Å². The molecule has 2 amide bonds. The molecule has 2 aromatic rings. The first-order valence-electron chi connectivity index (χ1n) is 10.5. The van der Waals surface area contributed by atoms with Crippen LogP contribution in [-0.4, -0.2) is 47.0 Å². The Morgan fingerprint density at radius 2 is 1.71 bits per heavy atom. The summed E-state index contributed by atoms with van der Waals surface area (Å²) in [6.45, 7) is 6.99.